The number of carbonyl (C=O) groups is 1. The Balaban J connectivity index is 1.70. The monoisotopic (exact) mass is 313 g/mol. The molecule has 0 aromatic carbocycles. The zero-order chi connectivity index (χ0) is 16.5. The zero-order valence-electron chi connectivity index (χ0n) is 14.3. The molecule has 0 aromatic rings. The summed E-state index contributed by atoms with van der Waals surface area (Å²) >= 11 is 0. The van der Waals surface area contributed by atoms with Crippen LogP contribution in [-0.2, 0) is 4.79 Å². The van der Waals surface area contributed by atoms with Crippen LogP contribution in [0.4, 0.5) is 0 Å². The molecule has 0 aliphatic heterocycles. The van der Waals surface area contributed by atoms with Gasteiger partial charge >= 0.3 is 0 Å². The average molecular weight is 313 g/mol. The Morgan fingerprint density at radius 2 is 1.87 bits per heavy atom. The Labute approximate surface area is 138 Å². The van der Waals surface area contributed by atoms with Gasteiger partial charge in [0.25, 0.3) is 0 Å². The molecule has 0 aromatic heterocycles. The van der Waals surface area contributed by atoms with Crippen molar-refractivity contribution in [3.8, 4) is 6.07 Å². The number of hydrogen-bond donors (Lipinski definition) is 1. The van der Waals surface area contributed by atoms with E-state index in [2.05, 4.69) is 19.9 Å². The maximum atomic E-state index is 11.8. The van der Waals surface area contributed by atoms with E-state index in [4.69, 9.17) is 0 Å². The number of aliphatic hydroxyl groups is 1. The van der Waals surface area contributed by atoms with Gasteiger partial charge < -0.3 is 5.11 Å². The van der Waals surface area contributed by atoms with Gasteiger partial charge in [-0.15, -0.1) is 0 Å². The van der Waals surface area contributed by atoms with E-state index < -0.39 is 5.60 Å². The third kappa shape index (κ3) is 1.82. The van der Waals surface area contributed by atoms with Crippen molar-refractivity contribution in [3.05, 3.63) is 11.6 Å². The number of rotatable bonds is 0. The molecule has 1 N–H and O–H groups in total. The average Bonchev–Trinajstić information content (AvgIpc) is 2.80. The standard InChI is InChI=1S/C20H27NO2/c1-18-8-5-14(22)11-13(18)3-4-15-16(18)6-9-19(2)17(15)7-10-20(19,23)12-21/h11,15-17,23H,3-10H2,1-2H3/t15-,16+,17+,18+,19+,20+/m0/s1. The van der Waals surface area contributed by atoms with Crippen molar-refractivity contribution in [1.29, 1.82) is 5.26 Å². The normalized spacial score (nSPS) is 52.0. The van der Waals surface area contributed by atoms with E-state index in [1.165, 1.54) is 5.57 Å². The molecule has 4 rings (SSSR count). The number of fused-ring (bicyclic) bond motifs is 5. The third-order valence-electron chi connectivity index (χ3n) is 8.30. The van der Waals surface area contributed by atoms with E-state index in [1.807, 2.05) is 6.08 Å². The first-order valence-corrected chi connectivity index (χ1v) is 9.22. The van der Waals surface area contributed by atoms with Gasteiger partial charge in [-0.3, -0.25) is 4.79 Å². The van der Waals surface area contributed by atoms with Crippen LogP contribution in [-0.4, -0.2) is 16.5 Å². The second kappa shape index (κ2) is 4.70. The Morgan fingerprint density at radius 3 is 2.61 bits per heavy atom. The fourth-order valence-electron chi connectivity index (χ4n) is 6.76. The molecule has 0 bridgehead atoms. The minimum absolute atomic E-state index is 0.172. The zero-order valence-corrected chi connectivity index (χ0v) is 14.3. The largest absolute Gasteiger partial charge is 0.375 e. The van der Waals surface area contributed by atoms with Crippen molar-refractivity contribution in [2.75, 3.05) is 0 Å². The first kappa shape index (κ1) is 15.4. The van der Waals surface area contributed by atoms with Gasteiger partial charge in [0, 0.05) is 11.8 Å². The van der Waals surface area contributed by atoms with Gasteiger partial charge in [-0.05, 0) is 74.2 Å². The summed E-state index contributed by atoms with van der Waals surface area (Å²) in [7, 11) is 0. The summed E-state index contributed by atoms with van der Waals surface area (Å²) in [5.41, 5.74) is 0.172. The maximum absolute atomic E-state index is 11.8. The highest BCUT2D eigenvalue weighted by molar-refractivity contribution is 5.91. The SMILES string of the molecule is C[C@@]12CCC(=O)C=C1CC[C@H]1[C@H]2CC[C@]2(C)[C@@H]1CC[C@@]2(O)C#N. The van der Waals surface area contributed by atoms with Gasteiger partial charge in [0.05, 0.1) is 6.07 Å². The van der Waals surface area contributed by atoms with Crippen molar-refractivity contribution in [2.45, 2.75) is 70.8 Å². The molecular formula is C20H27NO2. The molecule has 3 fully saturated rings. The van der Waals surface area contributed by atoms with Gasteiger partial charge in [-0.25, -0.2) is 0 Å². The summed E-state index contributed by atoms with van der Waals surface area (Å²) in [5, 5.41) is 20.4. The van der Waals surface area contributed by atoms with E-state index in [0.29, 0.717) is 36.4 Å². The number of nitrogens with zero attached hydrogens (tertiary/aromatic N) is 1. The van der Waals surface area contributed by atoms with Crippen molar-refractivity contribution in [3.63, 3.8) is 0 Å². The quantitative estimate of drug-likeness (QED) is 0.692. The predicted octanol–water partition coefficient (Wildman–Crippen LogP) is 3.77. The van der Waals surface area contributed by atoms with Crippen LogP contribution in [0.15, 0.2) is 11.6 Å². The molecule has 0 spiro atoms. The highest BCUT2D eigenvalue weighted by Gasteiger charge is 2.64. The highest BCUT2D eigenvalue weighted by Crippen LogP contribution is 2.67. The molecule has 3 heteroatoms. The van der Waals surface area contributed by atoms with Gasteiger partial charge in [-0.2, -0.15) is 5.26 Å². The fourth-order valence-corrected chi connectivity index (χ4v) is 6.76. The molecule has 0 heterocycles. The minimum Gasteiger partial charge on any atom is -0.375 e. The summed E-state index contributed by atoms with van der Waals surface area (Å²) in [6, 6.07) is 2.25. The topological polar surface area (TPSA) is 61.1 Å². The van der Waals surface area contributed by atoms with E-state index in [1.54, 1.807) is 0 Å². The molecule has 124 valence electrons. The highest BCUT2D eigenvalue weighted by atomic mass is 16.3. The van der Waals surface area contributed by atoms with Gasteiger partial charge in [0.2, 0.25) is 0 Å². The molecule has 6 atom stereocenters. The smallest absolute Gasteiger partial charge is 0.156 e. The van der Waals surface area contributed by atoms with Crippen molar-refractivity contribution in [1.82, 2.24) is 0 Å². The molecule has 23 heavy (non-hydrogen) atoms. The van der Waals surface area contributed by atoms with Gasteiger partial charge in [-0.1, -0.05) is 19.4 Å². The Morgan fingerprint density at radius 1 is 1.13 bits per heavy atom. The second-order valence-electron chi connectivity index (χ2n) is 8.94. The van der Waals surface area contributed by atoms with E-state index in [-0.39, 0.29) is 10.8 Å². The summed E-state index contributed by atoms with van der Waals surface area (Å²) in [4.78, 5) is 11.8. The predicted molar refractivity (Wildman–Crippen MR) is 87.3 cm³/mol. The van der Waals surface area contributed by atoms with Gasteiger partial charge in [0.1, 0.15) is 0 Å². The van der Waals surface area contributed by atoms with Crippen molar-refractivity contribution < 1.29 is 9.90 Å². The summed E-state index contributed by atoms with van der Waals surface area (Å²) in [6.45, 7) is 4.53. The maximum Gasteiger partial charge on any atom is 0.156 e. The molecule has 0 unspecified atom stereocenters. The van der Waals surface area contributed by atoms with Crippen LogP contribution in [0, 0.1) is 39.9 Å². The Bertz CT molecular complexity index is 632. The van der Waals surface area contributed by atoms with Crippen molar-refractivity contribution in [2.24, 2.45) is 28.6 Å². The van der Waals surface area contributed by atoms with E-state index in [9.17, 15) is 15.2 Å². The Kier molecular flexibility index (Phi) is 3.14. The summed E-state index contributed by atoms with van der Waals surface area (Å²) in [6.07, 6.45) is 9.42. The second-order valence-corrected chi connectivity index (χ2v) is 8.94. The lowest BCUT2D eigenvalue weighted by Crippen LogP contribution is -2.54. The molecule has 0 amide bonds. The molecule has 0 saturated heterocycles. The lowest BCUT2D eigenvalue weighted by molar-refractivity contribution is -0.119. The lowest BCUT2D eigenvalue weighted by atomic mass is 9.46. The molecule has 4 aliphatic rings. The van der Waals surface area contributed by atoms with E-state index in [0.717, 1.165) is 38.5 Å². The van der Waals surface area contributed by atoms with E-state index >= 15 is 0 Å². The van der Waals surface area contributed by atoms with Crippen LogP contribution in [0.3, 0.4) is 0 Å². The van der Waals surface area contributed by atoms with Crippen molar-refractivity contribution >= 4 is 5.78 Å². The number of ketones is 1. The third-order valence-corrected chi connectivity index (χ3v) is 8.30. The van der Waals surface area contributed by atoms with Crippen LogP contribution in [0.25, 0.3) is 0 Å². The van der Waals surface area contributed by atoms with Gasteiger partial charge in [0.15, 0.2) is 11.4 Å². The van der Waals surface area contributed by atoms with Crippen LogP contribution < -0.4 is 0 Å². The summed E-state index contributed by atoms with van der Waals surface area (Å²) in [5.74, 6) is 1.99. The molecule has 3 nitrogen and oxygen atoms in total. The molecular weight excluding hydrogens is 286 g/mol. The van der Waals surface area contributed by atoms with Crippen LogP contribution >= 0.6 is 0 Å². The van der Waals surface area contributed by atoms with Crippen LogP contribution in [0.2, 0.25) is 0 Å². The number of nitriles is 1. The van der Waals surface area contributed by atoms with Crippen LogP contribution in [0.1, 0.15) is 65.2 Å². The molecule has 4 aliphatic carbocycles. The Hall–Kier alpha value is -1.14. The first-order valence-electron chi connectivity index (χ1n) is 9.22. The number of carbonyl (C=O) groups excluding carboxylic acids is 1. The molecule has 3 saturated carbocycles. The number of allylic oxidation sites excluding steroid dienone is 1. The summed E-state index contributed by atoms with van der Waals surface area (Å²) < 4.78 is 0. The minimum atomic E-state index is -1.14. The number of hydrogen-bond acceptors (Lipinski definition) is 3. The first-order chi connectivity index (χ1) is 10.8. The lowest BCUT2D eigenvalue weighted by Gasteiger charge is -2.58. The van der Waals surface area contributed by atoms with Crippen LogP contribution in [0.5, 0.6) is 0 Å². The fraction of sp³-hybridized carbons (Fsp3) is 0.800. The molecule has 0 radical (unpaired) electrons.